The van der Waals surface area contributed by atoms with Crippen LogP contribution in [0, 0.1) is 11.6 Å². The van der Waals surface area contributed by atoms with Gasteiger partial charge in [-0.3, -0.25) is 9.58 Å². The maximum absolute atomic E-state index is 13.4. The molecule has 1 aliphatic rings. The predicted molar refractivity (Wildman–Crippen MR) is 73.5 cm³/mol. The molecular weight excluding hydrogens is 276 g/mol. The lowest BCUT2D eigenvalue weighted by Gasteiger charge is -2.24. The maximum atomic E-state index is 13.4. The number of benzene rings is 1. The molecule has 0 aliphatic carbocycles. The second-order valence-electron chi connectivity index (χ2n) is 5.34. The first kappa shape index (κ1) is 14.2. The fourth-order valence-electron chi connectivity index (χ4n) is 2.86. The van der Waals surface area contributed by atoms with Crippen LogP contribution < -0.4 is 0 Å². The Kier molecular flexibility index (Phi) is 3.98. The summed E-state index contributed by atoms with van der Waals surface area (Å²) in [5, 5.41) is 14.0. The SMILES string of the molecule is OC1CC(c2ccc(F)c(F)c2)N(CCn2cccn2)C1. The first-order valence-corrected chi connectivity index (χ1v) is 6.98. The lowest BCUT2D eigenvalue weighted by Crippen LogP contribution is -2.28. The van der Waals surface area contributed by atoms with Gasteiger partial charge in [0, 0.05) is 31.5 Å². The third-order valence-corrected chi connectivity index (χ3v) is 3.89. The van der Waals surface area contributed by atoms with Gasteiger partial charge in [0.15, 0.2) is 11.6 Å². The van der Waals surface area contributed by atoms with Crippen molar-refractivity contribution in [2.45, 2.75) is 25.1 Å². The molecule has 0 amide bonds. The lowest BCUT2D eigenvalue weighted by molar-refractivity contribution is 0.172. The summed E-state index contributed by atoms with van der Waals surface area (Å²) in [7, 11) is 0. The molecule has 112 valence electrons. The summed E-state index contributed by atoms with van der Waals surface area (Å²) < 4.78 is 28.3. The number of halogens is 2. The first-order chi connectivity index (χ1) is 10.1. The van der Waals surface area contributed by atoms with Crippen molar-refractivity contribution in [3.05, 3.63) is 53.9 Å². The molecule has 6 heteroatoms. The Balaban J connectivity index is 1.73. The molecule has 2 unspecified atom stereocenters. The van der Waals surface area contributed by atoms with Crippen LogP contribution in [0.15, 0.2) is 36.7 Å². The molecule has 1 aromatic carbocycles. The van der Waals surface area contributed by atoms with E-state index in [4.69, 9.17) is 0 Å². The number of aliphatic hydroxyl groups is 1. The molecule has 1 aromatic heterocycles. The largest absolute Gasteiger partial charge is 0.392 e. The van der Waals surface area contributed by atoms with Gasteiger partial charge in [-0.15, -0.1) is 0 Å². The topological polar surface area (TPSA) is 41.3 Å². The Morgan fingerprint density at radius 1 is 1.24 bits per heavy atom. The zero-order valence-electron chi connectivity index (χ0n) is 11.5. The molecule has 3 rings (SSSR count). The Morgan fingerprint density at radius 2 is 2.10 bits per heavy atom. The number of β-amino-alcohol motifs (C(OH)–C–C–N with tert-alkyl or cyclic N) is 1. The van der Waals surface area contributed by atoms with Crippen LogP contribution in [0.4, 0.5) is 8.78 Å². The van der Waals surface area contributed by atoms with Crippen molar-refractivity contribution in [3.63, 3.8) is 0 Å². The van der Waals surface area contributed by atoms with Gasteiger partial charge in [0.05, 0.1) is 12.6 Å². The van der Waals surface area contributed by atoms with Gasteiger partial charge in [-0.05, 0) is 30.2 Å². The van der Waals surface area contributed by atoms with Crippen LogP contribution >= 0.6 is 0 Å². The predicted octanol–water partition coefficient (Wildman–Crippen LogP) is 1.97. The van der Waals surface area contributed by atoms with Crippen LogP contribution in [0.25, 0.3) is 0 Å². The summed E-state index contributed by atoms with van der Waals surface area (Å²) in [6.45, 7) is 1.92. The second-order valence-corrected chi connectivity index (χ2v) is 5.34. The van der Waals surface area contributed by atoms with E-state index in [2.05, 4.69) is 10.00 Å². The Hall–Kier alpha value is -1.79. The molecule has 0 spiro atoms. The minimum Gasteiger partial charge on any atom is -0.392 e. The van der Waals surface area contributed by atoms with Crippen LogP contribution in [0.5, 0.6) is 0 Å². The standard InChI is InChI=1S/C15H17F2N3O/c16-13-3-2-11(8-14(13)17)15-9-12(21)10-19(15)6-7-20-5-1-4-18-20/h1-5,8,12,15,21H,6-7,9-10H2. The van der Waals surface area contributed by atoms with Crippen molar-refractivity contribution < 1.29 is 13.9 Å². The van der Waals surface area contributed by atoms with Crippen molar-refractivity contribution in [2.75, 3.05) is 13.1 Å². The number of likely N-dealkylation sites (tertiary alicyclic amines) is 1. The zero-order valence-corrected chi connectivity index (χ0v) is 11.5. The van der Waals surface area contributed by atoms with Gasteiger partial charge < -0.3 is 5.11 Å². The number of aliphatic hydroxyl groups excluding tert-OH is 1. The fraction of sp³-hybridized carbons (Fsp3) is 0.400. The Morgan fingerprint density at radius 3 is 2.81 bits per heavy atom. The molecule has 1 saturated heterocycles. The molecule has 2 heterocycles. The van der Waals surface area contributed by atoms with E-state index in [0.29, 0.717) is 31.6 Å². The van der Waals surface area contributed by atoms with E-state index in [1.807, 2.05) is 16.9 Å². The van der Waals surface area contributed by atoms with E-state index in [1.54, 1.807) is 12.3 Å². The third-order valence-electron chi connectivity index (χ3n) is 3.89. The van der Waals surface area contributed by atoms with E-state index in [9.17, 15) is 13.9 Å². The summed E-state index contributed by atoms with van der Waals surface area (Å²) in [6.07, 6.45) is 3.68. The summed E-state index contributed by atoms with van der Waals surface area (Å²) in [4.78, 5) is 2.08. The molecule has 2 aromatic rings. The molecule has 2 atom stereocenters. The van der Waals surface area contributed by atoms with Gasteiger partial charge >= 0.3 is 0 Å². The Bertz CT molecular complexity index is 603. The third kappa shape index (κ3) is 3.11. The van der Waals surface area contributed by atoms with E-state index >= 15 is 0 Å². The molecule has 0 saturated carbocycles. The quantitative estimate of drug-likeness (QED) is 0.937. The zero-order chi connectivity index (χ0) is 14.8. The van der Waals surface area contributed by atoms with Gasteiger partial charge in [-0.2, -0.15) is 5.10 Å². The van der Waals surface area contributed by atoms with Crippen LogP contribution in [-0.2, 0) is 6.54 Å². The summed E-state index contributed by atoms with van der Waals surface area (Å²) in [5.74, 6) is -1.69. The average molecular weight is 293 g/mol. The molecule has 0 bridgehead atoms. The van der Waals surface area contributed by atoms with Crippen molar-refractivity contribution in [3.8, 4) is 0 Å². The fourth-order valence-corrected chi connectivity index (χ4v) is 2.86. The normalized spacial score (nSPS) is 22.8. The van der Waals surface area contributed by atoms with Crippen LogP contribution in [-0.4, -0.2) is 39.0 Å². The van der Waals surface area contributed by atoms with E-state index in [1.165, 1.54) is 6.07 Å². The van der Waals surface area contributed by atoms with E-state index in [-0.39, 0.29) is 6.04 Å². The minimum atomic E-state index is -0.847. The summed E-state index contributed by atoms with van der Waals surface area (Å²) in [5.41, 5.74) is 0.700. The van der Waals surface area contributed by atoms with Crippen LogP contribution in [0.3, 0.4) is 0 Å². The van der Waals surface area contributed by atoms with Crippen molar-refractivity contribution in [1.29, 1.82) is 0 Å². The lowest BCUT2D eigenvalue weighted by atomic mass is 10.0. The van der Waals surface area contributed by atoms with Gasteiger partial charge in [0.25, 0.3) is 0 Å². The number of hydrogen-bond donors (Lipinski definition) is 1. The molecule has 21 heavy (non-hydrogen) atoms. The summed E-state index contributed by atoms with van der Waals surface area (Å²) in [6, 6.07) is 5.71. The number of aromatic nitrogens is 2. The highest BCUT2D eigenvalue weighted by atomic mass is 19.2. The Labute approximate surface area is 121 Å². The van der Waals surface area contributed by atoms with Crippen LogP contribution in [0.2, 0.25) is 0 Å². The number of nitrogens with zero attached hydrogens (tertiary/aromatic N) is 3. The van der Waals surface area contributed by atoms with Crippen molar-refractivity contribution >= 4 is 0 Å². The van der Waals surface area contributed by atoms with Gasteiger partial charge in [0.1, 0.15) is 0 Å². The van der Waals surface area contributed by atoms with Gasteiger partial charge in [-0.1, -0.05) is 6.07 Å². The van der Waals surface area contributed by atoms with E-state index < -0.39 is 17.7 Å². The molecule has 4 nitrogen and oxygen atoms in total. The van der Waals surface area contributed by atoms with Gasteiger partial charge in [-0.25, -0.2) is 8.78 Å². The summed E-state index contributed by atoms with van der Waals surface area (Å²) >= 11 is 0. The van der Waals surface area contributed by atoms with Gasteiger partial charge in [0.2, 0.25) is 0 Å². The van der Waals surface area contributed by atoms with Crippen LogP contribution in [0.1, 0.15) is 18.0 Å². The minimum absolute atomic E-state index is 0.0920. The highest BCUT2D eigenvalue weighted by Crippen LogP contribution is 2.32. The average Bonchev–Trinajstić information content (AvgIpc) is 3.09. The number of rotatable bonds is 4. The molecule has 1 aliphatic heterocycles. The second kappa shape index (κ2) is 5.91. The van der Waals surface area contributed by atoms with Crippen molar-refractivity contribution in [1.82, 2.24) is 14.7 Å². The highest BCUT2D eigenvalue weighted by Gasteiger charge is 2.32. The monoisotopic (exact) mass is 293 g/mol. The maximum Gasteiger partial charge on any atom is 0.159 e. The van der Waals surface area contributed by atoms with E-state index in [0.717, 1.165) is 6.07 Å². The number of hydrogen-bond acceptors (Lipinski definition) is 3. The molecule has 1 N–H and O–H groups in total. The molecular formula is C15H17F2N3O. The smallest absolute Gasteiger partial charge is 0.159 e. The highest BCUT2D eigenvalue weighted by molar-refractivity contribution is 5.22. The molecule has 1 fully saturated rings. The van der Waals surface area contributed by atoms with Crippen molar-refractivity contribution in [2.24, 2.45) is 0 Å². The molecule has 0 radical (unpaired) electrons. The first-order valence-electron chi connectivity index (χ1n) is 6.98.